The summed E-state index contributed by atoms with van der Waals surface area (Å²) >= 11 is 1.09. The van der Waals surface area contributed by atoms with Crippen LogP contribution in [-0.2, 0) is 4.79 Å². The number of amides is 2. The van der Waals surface area contributed by atoms with Crippen molar-refractivity contribution >= 4 is 22.9 Å². The normalized spacial score (nSPS) is 33.9. The van der Waals surface area contributed by atoms with Crippen LogP contribution in [0.3, 0.4) is 0 Å². The molecule has 0 aromatic carbocycles. The van der Waals surface area contributed by atoms with E-state index in [2.05, 4.69) is 0 Å². The number of hydrogen-bond donors (Lipinski definition) is 1. The topological polar surface area (TPSA) is 63.4 Å². The molecule has 2 aliphatic rings. The number of hydrogen-bond acceptors (Lipinski definition) is 4. The van der Waals surface area contributed by atoms with Crippen molar-refractivity contribution < 1.29 is 9.59 Å². The predicted molar refractivity (Wildman–Crippen MR) is 54.9 cm³/mol. The highest BCUT2D eigenvalue weighted by molar-refractivity contribution is 8.14. The van der Waals surface area contributed by atoms with Crippen LogP contribution in [0.25, 0.3) is 0 Å². The number of thioether (sulfide) groups is 1. The molecule has 2 amide bonds. The smallest absolute Gasteiger partial charge is 0.289 e. The van der Waals surface area contributed by atoms with Gasteiger partial charge in [0.25, 0.3) is 5.24 Å². The molecule has 5 heteroatoms. The van der Waals surface area contributed by atoms with Gasteiger partial charge in [0, 0.05) is 6.04 Å². The Morgan fingerprint density at radius 3 is 2.57 bits per heavy atom. The summed E-state index contributed by atoms with van der Waals surface area (Å²) in [6.45, 7) is 0. The van der Waals surface area contributed by atoms with Gasteiger partial charge in [0.1, 0.15) is 0 Å². The second-order valence-corrected chi connectivity index (χ2v) is 4.76. The van der Waals surface area contributed by atoms with Gasteiger partial charge in [-0.15, -0.1) is 0 Å². The highest BCUT2D eigenvalue weighted by atomic mass is 32.2. The van der Waals surface area contributed by atoms with Crippen molar-refractivity contribution in [1.82, 2.24) is 4.90 Å². The lowest BCUT2D eigenvalue weighted by Gasteiger charge is -2.34. The maximum atomic E-state index is 11.5. The van der Waals surface area contributed by atoms with E-state index in [0.29, 0.717) is 5.75 Å². The van der Waals surface area contributed by atoms with Crippen LogP contribution in [0.15, 0.2) is 0 Å². The van der Waals surface area contributed by atoms with Gasteiger partial charge >= 0.3 is 0 Å². The van der Waals surface area contributed by atoms with E-state index in [0.717, 1.165) is 37.4 Å². The van der Waals surface area contributed by atoms with E-state index < -0.39 is 0 Å². The van der Waals surface area contributed by atoms with Crippen LogP contribution in [0.5, 0.6) is 0 Å². The third kappa shape index (κ3) is 1.66. The quantitative estimate of drug-likeness (QED) is 0.706. The largest absolute Gasteiger partial charge is 0.326 e. The summed E-state index contributed by atoms with van der Waals surface area (Å²) in [7, 11) is 0. The van der Waals surface area contributed by atoms with Crippen LogP contribution in [0.2, 0.25) is 0 Å². The number of carbonyl (C=O) groups excluding carboxylic acids is 2. The summed E-state index contributed by atoms with van der Waals surface area (Å²) in [4.78, 5) is 24.3. The number of nitrogens with zero attached hydrogens (tertiary/aromatic N) is 1. The van der Waals surface area contributed by atoms with E-state index >= 15 is 0 Å². The predicted octanol–water partition coefficient (Wildman–Crippen LogP) is 0.952. The molecule has 0 unspecified atom stereocenters. The minimum atomic E-state index is -0.114. The van der Waals surface area contributed by atoms with Gasteiger partial charge in [-0.1, -0.05) is 24.6 Å². The van der Waals surface area contributed by atoms with Gasteiger partial charge in [-0.3, -0.25) is 14.5 Å². The van der Waals surface area contributed by atoms with Gasteiger partial charge in [-0.2, -0.15) is 0 Å². The zero-order valence-electron chi connectivity index (χ0n) is 7.94. The van der Waals surface area contributed by atoms with Crippen molar-refractivity contribution in [2.75, 3.05) is 5.75 Å². The molecule has 1 saturated heterocycles. The van der Waals surface area contributed by atoms with Gasteiger partial charge in [0.05, 0.1) is 11.8 Å². The van der Waals surface area contributed by atoms with Crippen LogP contribution in [0.1, 0.15) is 25.7 Å². The molecule has 2 N–H and O–H groups in total. The molecular weight excluding hydrogens is 200 g/mol. The third-order valence-electron chi connectivity index (χ3n) is 2.90. The number of nitrogens with two attached hydrogens (primary N) is 1. The van der Waals surface area contributed by atoms with Crippen molar-refractivity contribution in [3.63, 3.8) is 0 Å². The fraction of sp³-hybridized carbons (Fsp3) is 0.778. The van der Waals surface area contributed by atoms with Crippen LogP contribution < -0.4 is 5.73 Å². The fourth-order valence-corrected chi connectivity index (χ4v) is 2.91. The van der Waals surface area contributed by atoms with Crippen LogP contribution >= 0.6 is 11.8 Å². The fourth-order valence-electron chi connectivity index (χ4n) is 2.15. The number of imide groups is 1. The first-order valence-electron chi connectivity index (χ1n) is 4.94. The Morgan fingerprint density at radius 1 is 1.29 bits per heavy atom. The molecule has 14 heavy (non-hydrogen) atoms. The van der Waals surface area contributed by atoms with E-state index in [4.69, 9.17) is 5.73 Å². The first kappa shape index (κ1) is 9.98. The minimum Gasteiger partial charge on any atom is -0.326 e. The van der Waals surface area contributed by atoms with Gasteiger partial charge in [0.15, 0.2) is 0 Å². The average molecular weight is 214 g/mol. The second-order valence-electron chi connectivity index (χ2n) is 3.83. The van der Waals surface area contributed by atoms with Crippen molar-refractivity contribution in [3.8, 4) is 0 Å². The first-order valence-corrected chi connectivity index (χ1v) is 5.93. The zero-order valence-corrected chi connectivity index (χ0v) is 8.76. The van der Waals surface area contributed by atoms with Crippen LogP contribution in [0, 0.1) is 0 Å². The Morgan fingerprint density at radius 2 is 2.00 bits per heavy atom. The Labute approximate surface area is 87.2 Å². The van der Waals surface area contributed by atoms with E-state index in [-0.39, 0.29) is 23.2 Å². The standard InChI is InChI=1S/C9H14N2O2S/c10-6-3-1-2-4-7(6)11-8(12)5-14-9(11)13/h6-7H,1-5,10H2/t6-,7-/m1/s1. The molecule has 0 spiro atoms. The molecule has 0 radical (unpaired) electrons. The summed E-state index contributed by atoms with van der Waals surface area (Å²) < 4.78 is 0. The Balaban J connectivity index is 2.12. The molecule has 1 saturated carbocycles. The highest BCUT2D eigenvalue weighted by Gasteiger charge is 2.39. The van der Waals surface area contributed by atoms with Crippen molar-refractivity contribution in [1.29, 1.82) is 0 Å². The number of carbonyl (C=O) groups is 2. The molecule has 4 nitrogen and oxygen atoms in total. The summed E-state index contributed by atoms with van der Waals surface area (Å²) in [5.41, 5.74) is 5.93. The van der Waals surface area contributed by atoms with E-state index in [1.807, 2.05) is 0 Å². The first-order chi connectivity index (χ1) is 6.70. The summed E-state index contributed by atoms with van der Waals surface area (Å²) in [6.07, 6.45) is 3.98. The van der Waals surface area contributed by atoms with Crippen molar-refractivity contribution in [2.45, 2.75) is 37.8 Å². The highest BCUT2D eigenvalue weighted by Crippen LogP contribution is 2.28. The van der Waals surface area contributed by atoms with Crippen molar-refractivity contribution in [3.05, 3.63) is 0 Å². The molecule has 1 heterocycles. The minimum absolute atomic E-state index is 0.0182. The van der Waals surface area contributed by atoms with Gasteiger partial charge in [-0.25, -0.2) is 0 Å². The zero-order chi connectivity index (χ0) is 10.1. The third-order valence-corrected chi connectivity index (χ3v) is 3.73. The van der Waals surface area contributed by atoms with Crippen LogP contribution in [-0.4, -0.2) is 33.9 Å². The number of rotatable bonds is 1. The molecule has 0 aromatic heterocycles. The molecule has 2 atom stereocenters. The molecule has 1 aliphatic carbocycles. The molecule has 2 rings (SSSR count). The van der Waals surface area contributed by atoms with E-state index in [1.54, 1.807) is 0 Å². The van der Waals surface area contributed by atoms with Gasteiger partial charge in [-0.05, 0) is 12.8 Å². The SMILES string of the molecule is N[C@@H]1CCCC[C@H]1N1C(=O)CSC1=O. The van der Waals surface area contributed by atoms with E-state index in [9.17, 15) is 9.59 Å². The average Bonchev–Trinajstić information content (AvgIpc) is 2.48. The lowest BCUT2D eigenvalue weighted by Crippen LogP contribution is -2.51. The maximum Gasteiger partial charge on any atom is 0.289 e. The lowest BCUT2D eigenvalue weighted by molar-refractivity contribution is -0.126. The Hall–Kier alpha value is -0.550. The second kappa shape index (κ2) is 3.90. The molecule has 1 aliphatic heterocycles. The summed E-state index contributed by atoms with van der Waals surface area (Å²) in [5.74, 6) is 0.226. The van der Waals surface area contributed by atoms with Gasteiger partial charge < -0.3 is 5.73 Å². The monoisotopic (exact) mass is 214 g/mol. The van der Waals surface area contributed by atoms with E-state index in [1.165, 1.54) is 4.90 Å². The van der Waals surface area contributed by atoms with Crippen LogP contribution in [0.4, 0.5) is 4.79 Å². The lowest BCUT2D eigenvalue weighted by atomic mass is 9.90. The Bertz CT molecular complexity index is 254. The molecule has 0 bridgehead atoms. The molecular formula is C9H14N2O2S. The summed E-state index contributed by atoms with van der Waals surface area (Å²) in [6, 6.07) is -0.0610. The molecule has 78 valence electrons. The summed E-state index contributed by atoms with van der Waals surface area (Å²) in [5, 5.41) is -0.114. The van der Waals surface area contributed by atoms with Gasteiger partial charge in [0.2, 0.25) is 5.91 Å². The van der Waals surface area contributed by atoms with Crippen molar-refractivity contribution in [2.24, 2.45) is 5.73 Å². The Kier molecular flexibility index (Phi) is 2.78. The molecule has 2 fully saturated rings. The maximum absolute atomic E-state index is 11.5. The molecule has 0 aromatic rings.